The first kappa shape index (κ1) is 11.5. The van der Waals surface area contributed by atoms with Crippen molar-refractivity contribution in [1.82, 2.24) is 5.32 Å². The summed E-state index contributed by atoms with van der Waals surface area (Å²) in [5, 5.41) is 14.4. The largest absolute Gasteiger partial charge is 0.385 e. The zero-order valence-electron chi connectivity index (χ0n) is 9.62. The molecule has 1 aromatic rings. The number of aryl methyl sites for hydroxylation is 1. The lowest BCUT2D eigenvalue weighted by molar-refractivity contribution is 0.0954. The minimum atomic E-state index is -0.103. The van der Waals surface area contributed by atoms with Gasteiger partial charge in [-0.15, -0.1) is 0 Å². The average molecular weight is 229 g/mol. The third-order valence-corrected chi connectivity index (χ3v) is 2.83. The molecular weight excluding hydrogens is 214 g/mol. The van der Waals surface area contributed by atoms with Crippen LogP contribution in [0.1, 0.15) is 28.8 Å². The molecular formula is C13H15N3O. The van der Waals surface area contributed by atoms with Crippen LogP contribution in [0.3, 0.4) is 0 Å². The summed E-state index contributed by atoms with van der Waals surface area (Å²) in [6.45, 7) is 1.41. The molecule has 1 heterocycles. The average Bonchev–Trinajstić information content (AvgIpc) is 2.38. The predicted molar refractivity (Wildman–Crippen MR) is 65.8 cm³/mol. The molecule has 1 amide bonds. The van der Waals surface area contributed by atoms with E-state index in [1.54, 1.807) is 0 Å². The van der Waals surface area contributed by atoms with Gasteiger partial charge >= 0.3 is 0 Å². The summed E-state index contributed by atoms with van der Waals surface area (Å²) in [6, 6.07) is 7.70. The van der Waals surface area contributed by atoms with Gasteiger partial charge in [0.1, 0.15) is 0 Å². The van der Waals surface area contributed by atoms with E-state index in [1.165, 1.54) is 5.56 Å². The normalized spacial score (nSPS) is 13.1. The highest BCUT2D eigenvalue weighted by Crippen LogP contribution is 2.22. The predicted octanol–water partition coefficient (Wildman–Crippen LogP) is 1.69. The first-order valence-electron chi connectivity index (χ1n) is 5.83. The maximum atomic E-state index is 11.8. The molecule has 2 N–H and O–H groups in total. The van der Waals surface area contributed by atoms with Crippen LogP contribution >= 0.6 is 0 Å². The monoisotopic (exact) mass is 229 g/mol. The first-order chi connectivity index (χ1) is 8.31. The number of fused-ring (bicyclic) bond motifs is 1. The molecule has 0 bridgehead atoms. The first-order valence-corrected chi connectivity index (χ1v) is 5.83. The van der Waals surface area contributed by atoms with Gasteiger partial charge in [-0.05, 0) is 36.6 Å². The van der Waals surface area contributed by atoms with Crippen LogP contribution < -0.4 is 10.6 Å². The number of benzene rings is 1. The number of nitrogens with one attached hydrogen (secondary N) is 2. The molecule has 0 saturated heterocycles. The Balaban J connectivity index is 2.06. The van der Waals surface area contributed by atoms with E-state index in [0.717, 1.165) is 25.1 Å². The highest BCUT2D eigenvalue weighted by atomic mass is 16.1. The Bertz CT molecular complexity index is 462. The van der Waals surface area contributed by atoms with E-state index < -0.39 is 0 Å². The van der Waals surface area contributed by atoms with E-state index in [1.807, 2.05) is 24.3 Å². The maximum Gasteiger partial charge on any atom is 0.251 e. The van der Waals surface area contributed by atoms with Crippen LogP contribution in [0.5, 0.6) is 0 Å². The van der Waals surface area contributed by atoms with Crippen molar-refractivity contribution >= 4 is 11.6 Å². The lowest BCUT2D eigenvalue weighted by Crippen LogP contribution is -2.24. The fourth-order valence-corrected chi connectivity index (χ4v) is 1.95. The number of rotatable bonds is 3. The number of carbonyl (C=O) groups excluding carboxylic acids is 1. The van der Waals surface area contributed by atoms with E-state index in [0.29, 0.717) is 18.5 Å². The van der Waals surface area contributed by atoms with Gasteiger partial charge in [-0.25, -0.2) is 0 Å². The molecule has 17 heavy (non-hydrogen) atoms. The summed E-state index contributed by atoms with van der Waals surface area (Å²) in [6.07, 6.45) is 2.46. The quantitative estimate of drug-likeness (QED) is 0.775. The molecule has 0 spiro atoms. The van der Waals surface area contributed by atoms with E-state index >= 15 is 0 Å². The van der Waals surface area contributed by atoms with E-state index in [9.17, 15) is 4.79 Å². The van der Waals surface area contributed by atoms with Gasteiger partial charge in [0.05, 0.1) is 12.5 Å². The molecule has 1 aromatic carbocycles. The Kier molecular flexibility index (Phi) is 3.61. The highest BCUT2D eigenvalue weighted by Gasteiger charge is 2.11. The molecule has 0 aliphatic carbocycles. The van der Waals surface area contributed by atoms with Gasteiger partial charge in [-0.3, -0.25) is 4.79 Å². The molecule has 0 saturated carbocycles. The van der Waals surface area contributed by atoms with Crippen molar-refractivity contribution in [3.8, 4) is 6.07 Å². The number of amides is 1. The minimum Gasteiger partial charge on any atom is -0.385 e. The number of carbonyl (C=O) groups is 1. The molecule has 88 valence electrons. The van der Waals surface area contributed by atoms with Crippen LogP contribution in [0.25, 0.3) is 0 Å². The minimum absolute atomic E-state index is 0.103. The van der Waals surface area contributed by atoms with Crippen LogP contribution in [0.15, 0.2) is 18.2 Å². The lowest BCUT2D eigenvalue weighted by atomic mass is 10.0. The van der Waals surface area contributed by atoms with Crippen molar-refractivity contribution in [2.24, 2.45) is 0 Å². The molecule has 1 aliphatic heterocycles. The van der Waals surface area contributed by atoms with Gasteiger partial charge in [0.2, 0.25) is 0 Å². The van der Waals surface area contributed by atoms with Crippen molar-refractivity contribution in [3.05, 3.63) is 29.3 Å². The van der Waals surface area contributed by atoms with Gasteiger partial charge in [0.15, 0.2) is 0 Å². The summed E-state index contributed by atoms with van der Waals surface area (Å²) in [7, 11) is 0. The van der Waals surface area contributed by atoms with Gasteiger partial charge in [-0.1, -0.05) is 0 Å². The standard InChI is InChI=1S/C13H15N3O/c14-6-2-8-16-13(17)11-4-5-12-10(9-11)3-1-7-15-12/h4-5,9,15H,1-3,7-8H2,(H,16,17). The summed E-state index contributed by atoms with van der Waals surface area (Å²) < 4.78 is 0. The number of anilines is 1. The highest BCUT2D eigenvalue weighted by molar-refractivity contribution is 5.94. The Morgan fingerprint density at radius 2 is 2.41 bits per heavy atom. The second-order valence-electron chi connectivity index (χ2n) is 4.07. The fourth-order valence-electron chi connectivity index (χ4n) is 1.95. The molecule has 0 fully saturated rings. The Morgan fingerprint density at radius 1 is 1.53 bits per heavy atom. The number of hydrogen-bond acceptors (Lipinski definition) is 3. The van der Waals surface area contributed by atoms with Gasteiger partial charge in [-0.2, -0.15) is 5.26 Å². The lowest BCUT2D eigenvalue weighted by Gasteiger charge is -2.18. The van der Waals surface area contributed by atoms with Crippen LogP contribution in [0, 0.1) is 11.3 Å². The van der Waals surface area contributed by atoms with Gasteiger partial charge < -0.3 is 10.6 Å². The maximum absolute atomic E-state index is 11.8. The van der Waals surface area contributed by atoms with Crippen LogP contribution in [-0.4, -0.2) is 19.0 Å². The smallest absolute Gasteiger partial charge is 0.251 e. The van der Waals surface area contributed by atoms with E-state index in [2.05, 4.69) is 10.6 Å². The van der Waals surface area contributed by atoms with Gasteiger partial charge in [0.25, 0.3) is 5.91 Å². The second kappa shape index (κ2) is 5.35. The summed E-state index contributed by atoms with van der Waals surface area (Å²) in [4.78, 5) is 11.8. The zero-order chi connectivity index (χ0) is 12.1. The summed E-state index contributed by atoms with van der Waals surface area (Å²) in [5.41, 5.74) is 3.00. The Morgan fingerprint density at radius 3 is 3.24 bits per heavy atom. The molecule has 0 atom stereocenters. The van der Waals surface area contributed by atoms with Gasteiger partial charge in [0, 0.05) is 24.3 Å². The van der Waals surface area contributed by atoms with E-state index in [4.69, 9.17) is 5.26 Å². The molecule has 4 nitrogen and oxygen atoms in total. The van der Waals surface area contributed by atoms with Crippen LogP contribution in [-0.2, 0) is 6.42 Å². The SMILES string of the molecule is N#CCCNC(=O)c1ccc2c(c1)CCCN2. The van der Waals surface area contributed by atoms with Crippen LogP contribution in [0.2, 0.25) is 0 Å². The number of hydrogen-bond donors (Lipinski definition) is 2. The summed E-state index contributed by atoms with van der Waals surface area (Å²) >= 11 is 0. The summed E-state index contributed by atoms with van der Waals surface area (Å²) in [5.74, 6) is -0.103. The van der Waals surface area contributed by atoms with Crippen molar-refractivity contribution in [1.29, 1.82) is 5.26 Å². The third-order valence-electron chi connectivity index (χ3n) is 2.83. The molecule has 2 rings (SSSR count). The Labute approximate surface area is 101 Å². The van der Waals surface area contributed by atoms with Crippen molar-refractivity contribution in [3.63, 3.8) is 0 Å². The number of nitrogens with zero attached hydrogens (tertiary/aromatic N) is 1. The number of nitriles is 1. The van der Waals surface area contributed by atoms with Crippen molar-refractivity contribution < 1.29 is 4.79 Å². The third kappa shape index (κ3) is 2.76. The van der Waals surface area contributed by atoms with Crippen molar-refractivity contribution in [2.45, 2.75) is 19.3 Å². The molecule has 0 aromatic heterocycles. The molecule has 4 heteroatoms. The fraction of sp³-hybridized carbons (Fsp3) is 0.385. The molecule has 0 unspecified atom stereocenters. The van der Waals surface area contributed by atoms with Crippen molar-refractivity contribution in [2.75, 3.05) is 18.4 Å². The second-order valence-corrected chi connectivity index (χ2v) is 4.07. The zero-order valence-corrected chi connectivity index (χ0v) is 9.62. The molecule has 0 radical (unpaired) electrons. The topological polar surface area (TPSA) is 64.9 Å². The van der Waals surface area contributed by atoms with E-state index in [-0.39, 0.29) is 5.91 Å². The Hall–Kier alpha value is -2.02. The van der Waals surface area contributed by atoms with Crippen LogP contribution in [0.4, 0.5) is 5.69 Å². The molecule has 1 aliphatic rings.